The third-order valence-electron chi connectivity index (χ3n) is 2.27. The molecule has 1 aromatic heterocycles. The zero-order valence-electron chi connectivity index (χ0n) is 9.41. The highest BCUT2D eigenvalue weighted by Crippen LogP contribution is 2.35. The van der Waals surface area contributed by atoms with Crippen LogP contribution >= 0.6 is 11.6 Å². The number of anilines is 1. The normalized spacial score (nSPS) is 11.4. The van der Waals surface area contributed by atoms with Gasteiger partial charge in [0.2, 0.25) is 5.88 Å². The van der Waals surface area contributed by atoms with E-state index in [1.807, 2.05) is 0 Å². The summed E-state index contributed by atoms with van der Waals surface area (Å²) < 4.78 is 42.3. The Balaban J connectivity index is 2.25. The van der Waals surface area contributed by atoms with E-state index in [-0.39, 0.29) is 22.3 Å². The molecule has 0 bridgehead atoms. The third-order valence-corrected chi connectivity index (χ3v) is 2.57. The number of aromatic nitrogens is 1. The van der Waals surface area contributed by atoms with Crippen LogP contribution in [0.5, 0.6) is 11.6 Å². The van der Waals surface area contributed by atoms with Crippen LogP contribution in [-0.2, 0) is 6.18 Å². The molecule has 0 unspecified atom stereocenters. The molecule has 2 rings (SSSR count). The Morgan fingerprint density at radius 3 is 2.42 bits per heavy atom. The third kappa shape index (κ3) is 3.08. The van der Waals surface area contributed by atoms with Crippen molar-refractivity contribution in [1.29, 1.82) is 0 Å². The van der Waals surface area contributed by atoms with E-state index in [0.717, 1.165) is 12.1 Å². The van der Waals surface area contributed by atoms with Gasteiger partial charge in [-0.15, -0.1) is 0 Å². The van der Waals surface area contributed by atoms with E-state index < -0.39 is 11.7 Å². The molecule has 3 nitrogen and oxygen atoms in total. The Morgan fingerprint density at radius 2 is 1.89 bits per heavy atom. The number of pyridine rings is 1. The van der Waals surface area contributed by atoms with Crippen molar-refractivity contribution in [2.45, 2.75) is 6.18 Å². The van der Waals surface area contributed by atoms with Gasteiger partial charge in [0.15, 0.2) is 5.75 Å². The largest absolute Gasteiger partial charge is 0.435 e. The topological polar surface area (TPSA) is 48.1 Å². The summed E-state index contributed by atoms with van der Waals surface area (Å²) in [5.74, 6) is 0.143. The number of para-hydroxylation sites is 1. The van der Waals surface area contributed by atoms with Gasteiger partial charge in [0.1, 0.15) is 0 Å². The van der Waals surface area contributed by atoms with Crippen molar-refractivity contribution in [3.63, 3.8) is 0 Å². The van der Waals surface area contributed by atoms with Crippen molar-refractivity contribution in [3.8, 4) is 11.6 Å². The lowest BCUT2D eigenvalue weighted by atomic mass is 10.3. The number of ether oxygens (including phenoxy) is 1. The number of nitrogens with two attached hydrogens (primary N) is 1. The lowest BCUT2D eigenvalue weighted by molar-refractivity contribution is -0.137. The molecule has 0 radical (unpaired) electrons. The molecule has 100 valence electrons. The average Bonchev–Trinajstić information content (AvgIpc) is 2.33. The lowest BCUT2D eigenvalue weighted by Gasteiger charge is -2.10. The number of nitrogens with zero attached hydrogens (tertiary/aromatic N) is 1. The monoisotopic (exact) mass is 288 g/mol. The molecule has 7 heteroatoms. The predicted molar refractivity (Wildman–Crippen MR) is 65.2 cm³/mol. The standard InChI is InChI=1S/C12H8ClF3N2O/c13-8-2-1-3-9(17)11(8)19-10-5-4-7(6-18-10)12(14,15)16/h1-6H,17H2. The van der Waals surface area contributed by atoms with E-state index in [1.165, 1.54) is 0 Å². The van der Waals surface area contributed by atoms with Crippen LogP contribution in [0.25, 0.3) is 0 Å². The van der Waals surface area contributed by atoms with E-state index in [2.05, 4.69) is 4.98 Å². The van der Waals surface area contributed by atoms with Crippen LogP contribution in [0.1, 0.15) is 5.56 Å². The number of alkyl halides is 3. The van der Waals surface area contributed by atoms with Crippen LogP contribution in [0.15, 0.2) is 36.5 Å². The fourth-order valence-electron chi connectivity index (χ4n) is 1.35. The smallest absolute Gasteiger partial charge is 0.417 e. The second-order valence-corrected chi connectivity index (χ2v) is 4.05. The summed E-state index contributed by atoms with van der Waals surface area (Å²) in [4.78, 5) is 3.57. The maximum Gasteiger partial charge on any atom is 0.417 e. The predicted octanol–water partition coefficient (Wildman–Crippen LogP) is 4.13. The van der Waals surface area contributed by atoms with E-state index in [9.17, 15) is 13.2 Å². The van der Waals surface area contributed by atoms with Gasteiger partial charge in [-0.05, 0) is 18.2 Å². The zero-order chi connectivity index (χ0) is 14.0. The van der Waals surface area contributed by atoms with Gasteiger partial charge >= 0.3 is 6.18 Å². The van der Waals surface area contributed by atoms with Gasteiger partial charge in [-0.3, -0.25) is 0 Å². The second-order valence-electron chi connectivity index (χ2n) is 3.64. The van der Waals surface area contributed by atoms with Crippen molar-refractivity contribution in [1.82, 2.24) is 4.98 Å². The summed E-state index contributed by atoms with van der Waals surface area (Å²) in [6.45, 7) is 0. The van der Waals surface area contributed by atoms with Crippen molar-refractivity contribution in [3.05, 3.63) is 47.1 Å². The first-order valence-corrected chi connectivity index (χ1v) is 5.51. The number of nitrogen functional groups attached to an aromatic ring is 1. The Labute approximate surface area is 111 Å². The molecule has 0 aliphatic rings. The molecular formula is C12H8ClF3N2O. The Bertz CT molecular complexity index is 564. The van der Waals surface area contributed by atoms with Gasteiger partial charge < -0.3 is 10.5 Å². The number of benzene rings is 1. The second kappa shape index (κ2) is 4.97. The maximum atomic E-state index is 12.4. The minimum atomic E-state index is -4.44. The Hall–Kier alpha value is -1.95. The van der Waals surface area contributed by atoms with E-state index in [4.69, 9.17) is 22.1 Å². The molecule has 2 aromatic rings. The lowest BCUT2D eigenvalue weighted by Crippen LogP contribution is -2.05. The molecule has 0 saturated carbocycles. The average molecular weight is 289 g/mol. The Kier molecular flexibility index (Phi) is 3.53. The molecule has 0 amide bonds. The van der Waals surface area contributed by atoms with Crippen molar-refractivity contribution < 1.29 is 17.9 Å². The van der Waals surface area contributed by atoms with Crippen LogP contribution < -0.4 is 10.5 Å². The molecule has 19 heavy (non-hydrogen) atoms. The molecule has 0 fully saturated rings. The fraction of sp³-hybridized carbons (Fsp3) is 0.0833. The number of hydrogen-bond acceptors (Lipinski definition) is 3. The summed E-state index contributed by atoms with van der Waals surface area (Å²) >= 11 is 5.87. The van der Waals surface area contributed by atoms with Crippen molar-refractivity contribution >= 4 is 17.3 Å². The van der Waals surface area contributed by atoms with Gasteiger partial charge in [0, 0.05) is 12.3 Å². The van der Waals surface area contributed by atoms with Crippen LogP contribution in [0.4, 0.5) is 18.9 Å². The summed E-state index contributed by atoms with van der Waals surface area (Å²) in [6.07, 6.45) is -3.75. The highest BCUT2D eigenvalue weighted by molar-refractivity contribution is 6.32. The number of hydrogen-bond donors (Lipinski definition) is 1. The van der Waals surface area contributed by atoms with Crippen LogP contribution in [0.3, 0.4) is 0 Å². The molecule has 1 heterocycles. The molecule has 0 spiro atoms. The number of halogens is 4. The summed E-state index contributed by atoms with van der Waals surface area (Å²) in [6, 6.07) is 6.72. The van der Waals surface area contributed by atoms with Crippen molar-refractivity contribution in [2.75, 3.05) is 5.73 Å². The number of rotatable bonds is 2. The highest BCUT2D eigenvalue weighted by Gasteiger charge is 2.30. The first-order valence-electron chi connectivity index (χ1n) is 5.13. The quantitative estimate of drug-likeness (QED) is 0.845. The molecule has 2 N–H and O–H groups in total. The zero-order valence-corrected chi connectivity index (χ0v) is 10.2. The van der Waals surface area contributed by atoms with Crippen molar-refractivity contribution in [2.24, 2.45) is 0 Å². The van der Waals surface area contributed by atoms with Gasteiger partial charge in [-0.25, -0.2) is 4.98 Å². The van der Waals surface area contributed by atoms with E-state index in [0.29, 0.717) is 6.20 Å². The SMILES string of the molecule is Nc1cccc(Cl)c1Oc1ccc(C(F)(F)F)cn1. The first-order chi connectivity index (χ1) is 8.88. The maximum absolute atomic E-state index is 12.4. The fourth-order valence-corrected chi connectivity index (χ4v) is 1.57. The molecule has 0 saturated heterocycles. The highest BCUT2D eigenvalue weighted by atomic mass is 35.5. The molecular weight excluding hydrogens is 281 g/mol. The summed E-state index contributed by atoms with van der Waals surface area (Å²) in [5, 5.41) is 0.252. The van der Waals surface area contributed by atoms with Crippen LogP contribution in [0, 0.1) is 0 Å². The van der Waals surface area contributed by atoms with Gasteiger partial charge in [0.05, 0.1) is 16.3 Å². The Morgan fingerprint density at radius 1 is 1.16 bits per heavy atom. The molecule has 0 aliphatic carbocycles. The summed E-state index contributed by atoms with van der Waals surface area (Å²) in [5.41, 5.74) is 5.07. The molecule has 1 aromatic carbocycles. The molecule has 0 atom stereocenters. The van der Waals surface area contributed by atoms with Crippen LogP contribution in [-0.4, -0.2) is 4.98 Å². The minimum Gasteiger partial charge on any atom is -0.435 e. The molecule has 0 aliphatic heterocycles. The van der Waals surface area contributed by atoms with E-state index in [1.54, 1.807) is 18.2 Å². The summed E-state index contributed by atoms with van der Waals surface area (Å²) in [7, 11) is 0. The van der Waals surface area contributed by atoms with Crippen LogP contribution in [0.2, 0.25) is 5.02 Å². The van der Waals surface area contributed by atoms with E-state index >= 15 is 0 Å². The first kappa shape index (κ1) is 13.5. The minimum absolute atomic E-state index is 0.0206. The van der Waals surface area contributed by atoms with Gasteiger partial charge in [-0.1, -0.05) is 17.7 Å². The van der Waals surface area contributed by atoms with Gasteiger partial charge in [0.25, 0.3) is 0 Å². The van der Waals surface area contributed by atoms with Gasteiger partial charge in [-0.2, -0.15) is 13.2 Å².